The number of nitrogens with one attached hydrogen (secondary N) is 2. The number of pyridine rings is 1. The fourth-order valence-electron chi connectivity index (χ4n) is 3.52. The first kappa shape index (κ1) is 16.3. The van der Waals surface area contributed by atoms with E-state index in [1.165, 1.54) is 0 Å². The highest BCUT2D eigenvalue weighted by Crippen LogP contribution is 2.27. The zero-order valence-electron chi connectivity index (χ0n) is 14.2. The Morgan fingerprint density at radius 1 is 1.38 bits per heavy atom. The van der Waals surface area contributed by atoms with Crippen LogP contribution in [-0.2, 0) is 0 Å². The minimum atomic E-state index is -0.204. The molecule has 1 amide bonds. The Labute approximate surface area is 150 Å². The molecule has 2 N–H and O–H groups in total. The van der Waals surface area contributed by atoms with E-state index in [1.807, 2.05) is 6.07 Å². The van der Waals surface area contributed by atoms with Crippen molar-refractivity contribution in [2.24, 2.45) is 5.92 Å². The summed E-state index contributed by atoms with van der Waals surface area (Å²) in [4.78, 5) is 21.4. The molecule has 0 spiro atoms. The van der Waals surface area contributed by atoms with Gasteiger partial charge in [0, 0.05) is 30.2 Å². The number of carbonyl (C=O) groups is 1. The third-order valence-electron chi connectivity index (χ3n) is 4.96. The van der Waals surface area contributed by atoms with E-state index < -0.39 is 0 Å². The van der Waals surface area contributed by atoms with Crippen LogP contribution in [0.1, 0.15) is 42.6 Å². The highest BCUT2D eigenvalue weighted by molar-refractivity contribution is 6.04. The minimum absolute atomic E-state index is 0.120. The molecule has 8 nitrogen and oxygen atoms in total. The van der Waals surface area contributed by atoms with E-state index >= 15 is 0 Å². The zero-order chi connectivity index (χ0) is 17.9. The Morgan fingerprint density at radius 2 is 2.23 bits per heavy atom. The van der Waals surface area contributed by atoms with Crippen LogP contribution < -0.4 is 5.32 Å². The molecule has 132 valence electrons. The lowest BCUT2D eigenvalue weighted by molar-refractivity contribution is 0.0918. The van der Waals surface area contributed by atoms with Crippen LogP contribution in [0.25, 0.3) is 16.7 Å². The first-order valence-electron chi connectivity index (χ1n) is 8.75. The van der Waals surface area contributed by atoms with Crippen LogP contribution in [0.2, 0.25) is 0 Å². The second kappa shape index (κ2) is 6.96. The fraction of sp³-hybridized carbons (Fsp3) is 0.389. The summed E-state index contributed by atoms with van der Waals surface area (Å²) in [6.07, 6.45) is 11.1. The summed E-state index contributed by atoms with van der Waals surface area (Å²) in [5, 5.41) is 19.7. The lowest BCUT2D eigenvalue weighted by Gasteiger charge is -2.27. The van der Waals surface area contributed by atoms with Gasteiger partial charge < -0.3 is 5.32 Å². The van der Waals surface area contributed by atoms with Crippen LogP contribution >= 0.6 is 0 Å². The van der Waals surface area contributed by atoms with Crippen molar-refractivity contribution in [2.75, 3.05) is 0 Å². The van der Waals surface area contributed by atoms with E-state index in [-0.39, 0.29) is 11.9 Å². The molecule has 0 saturated heterocycles. The Balaban J connectivity index is 1.55. The Morgan fingerprint density at radius 3 is 2.96 bits per heavy atom. The summed E-state index contributed by atoms with van der Waals surface area (Å²) >= 11 is 0. The van der Waals surface area contributed by atoms with Gasteiger partial charge in [0.15, 0.2) is 5.69 Å². The van der Waals surface area contributed by atoms with Gasteiger partial charge in [0.2, 0.25) is 0 Å². The number of hydrogen-bond acceptors (Lipinski definition) is 5. The van der Waals surface area contributed by atoms with Gasteiger partial charge in [-0.2, -0.15) is 10.4 Å². The summed E-state index contributed by atoms with van der Waals surface area (Å²) in [6.45, 7) is 0. The van der Waals surface area contributed by atoms with E-state index in [1.54, 1.807) is 29.5 Å². The molecule has 1 aliphatic carbocycles. The minimum Gasteiger partial charge on any atom is -0.348 e. The SMILES string of the molecule is N#CC[C@H]1CC[C@H](NC(=O)c2nc(-n3ccnc3)cc3cn[nH]c23)CC1. The number of carbonyl (C=O) groups excluding carboxylic acids is 1. The van der Waals surface area contributed by atoms with Gasteiger partial charge in [-0.3, -0.25) is 14.5 Å². The number of fused-ring (bicyclic) bond motifs is 1. The topological polar surface area (TPSA) is 112 Å². The number of nitrogens with zero attached hydrogens (tertiary/aromatic N) is 5. The standard InChI is InChI=1S/C18H19N7O/c19-6-5-12-1-3-14(4-2-12)22-18(26)17-16-13(10-21-24-16)9-15(23-17)25-8-7-20-11-25/h7-12,14H,1-5H2,(H,21,24)(H,22,26)/t12-,14-. The van der Waals surface area contributed by atoms with Crippen molar-refractivity contribution in [3.8, 4) is 11.9 Å². The number of imidazole rings is 1. The van der Waals surface area contributed by atoms with Crippen LogP contribution in [0.4, 0.5) is 0 Å². The Bertz CT molecular complexity index is 946. The third kappa shape index (κ3) is 3.16. The first-order chi connectivity index (χ1) is 12.7. The molecule has 1 aliphatic rings. The number of hydrogen-bond donors (Lipinski definition) is 2. The first-order valence-corrected chi connectivity index (χ1v) is 8.75. The predicted octanol–water partition coefficient (Wildman–Crippen LogP) is 2.35. The molecular weight excluding hydrogens is 330 g/mol. The van der Waals surface area contributed by atoms with E-state index in [9.17, 15) is 4.79 Å². The highest BCUT2D eigenvalue weighted by atomic mass is 16.2. The molecule has 8 heteroatoms. The molecule has 3 aromatic rings. The Hall–Kier alpha value is -3.21. The monoisotopic (exact) mass is 349 g/mol. The van der Waals surface area contributed by atoms with Crippen LogP contribution in [0.3, 0.4) is 0 Å². The van der Waals surface area contributed by atoms with Crippen molar-refractivity contribution in [1.82, 2.24) is 30.0 Å². The second-order valence-corrected chi connectivity index (χ2v) is 6.69. The average Bonchev–Trinajstić information content (AvgIpc) is 3.34. The molecule has 3 heterocycles. The molecule has 0 radical (unpaired) electrons. The zero-order valence-corrected chi connectivity index (χ0v) is 14.2. The maximum atomic E-state index is 12.9. The number of aromatic nitrogens is 5. The number of amides is 1. The molecule has 4 rings (SSSR count). The molecule has 0 unspecified atom stereocenters. The predicted molar refractivity (Wildman–Crippen MR) is 94.5 cm³/mol. The van der Waals surface area contributed by atoms with Gasteiger partial charge in [-0.15, -0.1) is 0 Å². The highest BCUT2D eigenvalue weighted by Gasteiger charge is 2.24. The smallest absolute Gasteiger partial charge is 0.272 e. The van der Waals surface area contributed by atoms with E-state index in [4.69, 9.17) is 5.26 Å². The second-order valence-electron chi connectivity index (χ2n) is 6.69. The summed E-state index contributed by atoms with van der Waals surface area (Å²) in [5.41, 5.74) is 0.965. The quantitative estimate of drug-likeness (QED) is 0.751. The third-order valence-corrected chi connectivity index (χ3v) is 4.96. The van der Waals surface area contributed by atoms with Crippen molar-refractivity contribution in [3.05, 3.63) is 36.7 Å². The molecule has 0 aromatic carbocycles. The van der Waals surface area contributed by atoms with E-state index in [0.717, 1.165) is 31.1 Å². The molecule has 1 saturated carbocycles. The molecule has 0 bridgehead atoms. The number of H-pyrrole nitrogens is 1. The molecule has 0 aliphatic heterocycles. The number of aromatic amines is 1. The van der Waals surface area contributed by atoms with Gasteiger partial charge in [0.1, 0.15) is 12.1 Å². The lowest BCUT2D eigenvalue weighted by atomic mass is 9.84. The van der Waals surface area contributed by atoms with Gasteiger partial charge in [0.25, 0.3) is 5.91 Å². The number of rotatable bonds is 4. The summed E-state index contributed by atoms with van der Waals surface area (Å²) < 4.78 is 1.76. The van der Waals surface area contributed by atoms with Gasteiger partial charge in [-0.25, -0.2) is 9.97 Å². The number of nitriles is 1. The van der Waals surface area contributed by atoms with Gasteiger partial charge >= 0.3 is 0 Å². The van der Waals surface area contributed by atoms with Crippen molar-refractivity contribution in [2.45, 2.75) is 38.1 Å². The summed E-state index contributed by atoms with van der Waals surface area (Å²) in [6, 6.07) is 4.22. The largest absolute Gasteiger partial charge is 0.348 e. The maximum Gasteiger partial charge on any atom is 0.272 e. The Kier molecular flexibility index (Phi) is 4.35. The van der Waals surface area contributed by atoms with Crippen LogP contribution in [0.5, 0.6) is 0 Å². The molecule has 26 heavy (non-hydrogen) atoms. The average molecular weight is 349 g/mol. The van der Waals surface area contributed by atoms with Gasteiger partial charge in [-0.05, 0) is 37.7 Å². The maximum absolute atomic E-state index is 12.9. The molecular formula is C18H19N7O. The normalized spacial score (nSPS) is 20.0. The molecule has 3 aromatic heterocycles. The van der Waals surface area contributed by atoms with E-state index in [2.05, 4.69) is 31.6 Å². The van der Waals surface area contributed by atoms with Crippen molar-refractivity contribution in [1.29, 1.82) is 5.26 Å². The molecule has 1 fully saturated rings. The van der Waals surface area contributed by atoms with Crippen molar-refractivity contribution < 1.29 is 4.79 Å². The van der Waals surface area contributed by atoms with Crippen LogP contribution in [0.15, 0.2) is 31.0 Å². The lowest BCUT2D eigenvalue weighted by Crippen LogP contribution is -2.38. The van der Waals surface area contributed by atoms with Crippen LogP contribution in [0, 0.1) is 17.2 Å². The fourth-order valence-corrected chi connectivity index (χ4v) is 3.52. The van der Waals surface area contributed by atoms with Crippen molar-refractivity contribution in [3.63, 3.8) is 0 Å². The van der Waals surface area contributed by atoms with Crippen molar-refractivity contribution >= 4 is 16.8 Å². The van der Waals surface area contributed by atoms with E-state index in [0.29, 0.717) is 29.4 Å². The summed E-state index contributed by atoms with van der Waals surface area (Å²) in [5.74, 6) is 0.874. The van der Waals surface area contributed by atoms with Gasteiger partial charge in [-0.1, -0.05) is 0 Å². The molecule has 0 atom stereocenters. The van der Waals surface area contributed by atoms with Crippen LogP contribution in [-0.4, -0.2) is 36.7 Å². The summed E-state index contributed by atoms with van der Waals surface area (Å²) in [7, 11) is 0. The van der Waals surface area contributed by atoms with Gasteiger partial charge in [0.05, 0.1) is 17.8 Å².